The van der Waals surface area contributed by atoms with Crippen molar-refractivity contribution in [1.82, 2.24) is 9.97 Å². The highest BCUT2D eigenvalue weighted by Gasteiger charge is 2.30. The number of hydrogen-bond donors (Lipinski definition) is 1. The molecule has 0 aliphatic carbocycles. The monoisotopic (exact) mass is 269 g/mol. The molecule has 0 aromatic carbocycles. The molecule has 4 nitrogen and oxygen atoms in total. The zero-order chi connectivity index (χ0) is 14.6. The lowest BCUT2D eigenvalue weighted by atomic mass is 9.88. The molecule has 0 fully saturated rings. The van der Waals surface area contributed by atoms with Crippen LogP contribution in [0.25, 0.3) is 0 Å². The van der Waals surface area contributed by atoms with Crippen molar-refractivity contribution >= 4 is 5.82 Å². The third kappa shape index (κ3) is 3.86. The maximum Gasteiger partial charge on any atom is 0.186 e. The fourth-order valence-electron chi connectivity index (χ4n) is 1.90. The lowest BCUT2D eigenvalue weighted by Crippen LogP contribution is -2.23. The van der Waals surface area contributed by atoms with Gasteiger partial charge in [-0.1, -0.05) is 27.7 Å². The maximum atomic E-state index is 13.9. The van der Waals surface area contributed by atoms with Gasteiger partial charge in [0.2, 0.25) is 0 Å². The van der Waals surface area contributed by atoms with E-state index in [9.17, 15) is 4.39 Å². The van der Waals surface area contributed by atoms with E-state index in [4.69, 9.17) is 4.74 Å². The van der Waals surface area contributed by atoms with Gasteiger partial charge in [0, 0.05) is 13.7 Å². The van der Waals surface area contributed by atoms with E-state index in [-0.39, 0.29) is 23.2 Å². The predicted molar refractivity (Wildman–Crippen MR) is 74.7 cm³/mol. The van der Waals surface area contributed by atoms with E-state index in [1.54, 1.807) is 14.0 Å². The first-order chi connectivity index (χ1) is 8.81. The lowest BCUT2D eigenvalue weighted by Gasteiger charge is -2.28. The summed E-state index contributed by atoms with van der Waals surface area (Å²) in [5.41, 5.74) is 0.191. The molecule has 0 bridgehead atoms. The van der Waals surface area contributed by atoms with Crippen molar-refractivity contribution < 1.29 is 9.13 Å². The van der Waals surface area contributed by atoms with Crippen molar-refractivity contribution in [3.8, 4) is 0 Å². The van der Waals surface area contributed by atoms with E-state index >= 15 is 0 Å². The van der Waals surface area contributed by atoms with Crippen molar-refractivity contribution in [2.45, 2.75) is 47.1 Å². The van der Waals surface area contributed by atoms with E-state index in [1.165, 1.54) is 0 Å². The Balaban J connectivity index is 3.18. The van der Waals surface area contributed by atoms with Gasteiger partial charge in [0.15, 0.2) is 17.5 Å². The minimum Gasteiger partial charge on any atom is -0.373 e. The Morgan fingerprint density at radius 3 is 2.42 bits per heavy atom. The number of halogens is 1. The van der Waals surface area contributed by atoms with Crippen LogP contribution >= 0.6 is 0 Å². The summed E-state index contributed by atoms with van der Waals surface area (Å²) >= 11 is 0. The summed E-state index contributed by atoms with van der Waals surface area (Å²) in [6, 6.07) is 0. The van der Waals surface area contributed by atoms with E-state index in [0.29, 0.717) is 18.1 Å². The van der Waals surface area contributed by atoms with Crippen LogP contribution in [0.3, 0.4) is 0 Å². The van der Waals surface area contributed by atoms with Crippen LogP contribution < -0.4 is 5.32 Å². The maximum absolute atomic E-state index is 13.9. The minimum atomic E-state index is -0.388. The highest BCUT2D eigenvalue weighted by Crippen LogP contribution is 2.34. The summed E-state index contributed by atoms with van der Waals surface area (Å²) < 4.78 is 19.4. The molecular formula is C14H24FN3O. The molecule has 19 heavy (non-hydrogen) atoms. The summed E-state index contributed by atoms with van der Waals surface area (Å²) in [7, 11) is 1.62. The molecule has 1 unspecified atom stereocenters. The fourth-order valence-corrected chi connectivity index (χ4v) is 1.90. The fraction of sp³-hybridized carbons (Fsp3) is 0.714. The van der Waals surface area contributed by atoms with Crippen molar-refractivity contribution in [3.05, 3.63) is 17.3 Å². The first-order valence-electron chi connectivity index (χ1n) is 6.62. The van der Waals surface area contributed by atoms with Gasteiger partial charge in [0.25, 0.3) is 0 Å². The summed E-state index contributed by atoms with van der Waals surface area (Å²) in [5, 5.41) is 2.99. The molecule has 1 aromatic heterocycles. The normalized spacial score (nSPS) is 13.4. The second-order valence-corrected chi connectivity index (χ2v) is 5.74. The van der Waals surface area contributed by atoms with Crippen molar-refractivity contribution in [2.24, 2.45) is 5.41 Å². The van der Waals surface area contributed by atoms with Gasteiger partial charge in [-0.05, 0) is 18.8 Å². The van der Waals surface area contributed by atoms with Crippen LogP contribution in [0.4, 0.5) is 10.2 Å². The third-order valence-electron chi connectivity index (χ3n) is 2.83. The van der Waals surface area contributed by atoms with E-state index in [1.807, 2.05) is 27.7 Å². The Kier molecular flexibility index (Phi) is 5.23. The number of nitrogens with zero attached hydrogens (tertiary/aromatic N) is 2. The van der Waals surface area contributed by atoms with Gasteiger partial charge in [-0.2, -0.15) is 0 Å². The quantitative estimate of drug-likeness (QED) is 0.889. The Labute approximate surface area is 114 Å². The molecule has 0 spiro atoms. The van der Waals surface area contributed by atoms with Crippen LogP contribution in [0.2, 0.25) is 0 Å². The Hall–Kier alpha value is -1.23. The summed E-state index contributed by atoms with van der Waals surface area (Å²) in [6.45, 7) is 10.5. The molecule has 0 saturated carbocycles. The topological polar surface area (TPSA) is 47.0 Å². The van der Waals surface area contributed by atoms with Crippen molar-refractivity contribution in [2.75, 3.05) is 19.0 Å². The largest absolute Gasteiger partial charge is 0.373 e. The number of aromatic nitrogens is 2. The van der Waals surface area contributed by atoms with E-state index in [2.05, 4.69) is 15.3 Å². The lowest BCUT2D eigenvalue weighted by molar-refractivity contribution is 0.00852. The molecule has 0 radical (unpaired) electrons. The second kappa shape index (κ2) is 6.28. The van der Waals surface area contributed by atoms with Crippen LogP contribution in [0.5, 0.6) is 0 Å². The van der Waals surface area contributed by atoms with E-state index < -0.39 is 0 Å². The number of methoxy groups -OCH3 is 1. The number of nitrogens with one attached hydrogen (secondary N) is 1. The number of anilines is 1. The molecule has 1 atom stereocenters. The van der Waals surface area contributed by atoms with Crippen LogP contribution in [-0.4, -0.2) is 23.6 Å². The molecule has 0 aliphatic rings. The zero-order valence-electron chi connectivity index (χ0n) is 12.7. The summed E-state index contributed by atoms with van der Waals surface area (Å²) in [6.07, 6.45) is 0.638. The Morgan fingerprint density at radius 2 is 1.95 bits per heavy atom. The highest BCUT2D eigenvalue weighted by atomic mass is 19.1. The molecule has 5 heteroatoms. The first-order valence-corrected chi connectivity index (χ1v) is 6.62. The Bertz CT molecular complexity index is 429. The zero-order valence-corrected chi connectivity index (χ0v) is 12.7. The van der Waals surface area contributed by atoms with Gasteiger partial charge >= 0.3 is 0 Å². The van der Waals surface area contributed by atoms with Crippen LogP contribution in [0.15, 0.2) is 0 Å². The number of ether oxygens (including phenoxy) is 1. The minimum absolute atomic E-state index is 0.152. The number of hydrogen-bond acceptors (Lipinski definition) is 4. The van der Waals surface area contributed by atoms with Crippen LogP contribution in [0, 0.1) is 18.2 Å². The average molecular weight is 269 g/mol. The van der Waals surface area contributed by atoms with Crippen LogP contribution in [-0.2, 0) is 4.74 Å². The first kappa shape index (κ1) is 15.8. The number of aryl methyl sites for hydroxylation is 1. The molecular weight excluding hydrogens is 245 g/mol. The standard InChI is InChI=1S/C14H24FN3O/c1-7-8-16-12-10(15)9(2)17-13(18-12)11(19-6)14(3,4)5/h11H,7-8H2,1-6H3,(H,16,17,18). The summed E-state index contributed by atoms with van der Waals surface area (Å²) in [4.78, 5) is 8.51. The van der Waals surface area contributed by atoms with Crippen LogP contribution in [0.1, 0.15) is 51.7 Å². The molecule has 1 rings (SSSR count). The molecule has 108 valence electrons. The predicted octanol–water partition coefficient (Wildman–Crippen LogP) is 3.48. The molecule has 1 heterocycles. The SMILES string of the molecule is CCCNc1nc(C(OC)C(C)(C)C)nc(C)c1F. The molecule has 1 aromatic rings. The van der Waals surface area contributed by atoms with Crippen molar-refractivity contribution in [1.29, 1.82) is 0 Å². The van der Waals surface area contributed by atoms with Gasteiger partial charge in [0.05, 0.1) is 5.69 Å². The molecule has 1 N–H and O–H groups in total. The van der Waals surface area contributed by atoms with Gasteiger partial charge in [-0.15, -0.1) is 0 Å². The third-order valence-corrected chi connectivity index (χ3v) is 2.83. The number of rotatable bonds is 5. The smallest absolute Gasteiger partial charge is 0.186 e. The molecule has 0 amide bonds. The van der Waals surface area contributed by atoms with Gasteiger partial charge < -0.3 is 10.1 Å². The van der Waals surface area contributed by atoms with E-state index in [0.717, 1.165) is 6.42 Å². The van der Waals surface area contributed by atoms with Gasteiger partial charge in [0.1, 0.15) is 6.10 Å². The van der Waals surface area contributed by atoms with Crippen molar-refractivity contribution in [3.63, 3.8) is 0 Å². The highest BCUT2D eigenvalue weighted by molar-refractivity contribution is 5.38. The molecule has 0 aliphatic heterocycles. The second-order valence-electron chi connectivity index (χ2n) is 5.74. The Morgan fingerprint density at radius 1 is 1.32 bits per heavy atom. The van der Waals surface area contributed by atoms with Gasteiger partial charge in [-0.3, -0.25) is 0 Å². The summed E-state index contributed by atoms with van der Waals surface area (Å²) in [5.74, 6) is 0.393. The average Bonchev–Trinajstić information content (AvgIpc) is 2.30. The molecule has 0 saturated heterocycles. The van der Waals surface area contributed by atoms with Gasteiger partial charge in [-0.25, -0.2) is 14.4 Å².